The molecule has 0 amide bonds. The third kappa shape index (κ3) is 5.40. The van der Waals surface area contributed by atoms with E-state index in [0.717, 1.165) is 25.7 Å². The number of esters is 1. The molecule has 0 bridgehead atoms. The second kappa shape index (κ2) is 6.43. The average molecular weight is 216 g/mol. The Hall–Kier alpha value is -1.06. The Morgan fingerprint density at radius 2 is 1.87 bits per heavy atom. The quantitative estimate of drug-likeness (QED) is 0.524. The largest absolute Gasteiger partial charge is 0.478 e. The molecule has 15 heavy (non-hydrogen) atoms. The lowest BCUT2D eigenvalue weighted by atomic mass is 9.98. The molecule has 1 N–H and O–H groups in total. The minimum atomic E-state index is -1.36. The Bertz CT molecular complexity index is 225. The minimum Gasteiger partial charge on any atom is -0.478 e. The van der Waals surface area contributed by atoms with Crippen LogP contribution in [-0.4, -0.2) is 22.6 Å². The Morgan fingerprint density at radius 1 is 1.27 bits per heavy atom. The van der Waals surface area contributed by atoms with Crippen LogP contribution in [-0.2, 0) is 14.3 Å². The van der Waals surface area contributed by atoms with Gasteiger partial charge < -0.3 is 9.84 Å². The number of carbonyl (C=O) groups is 2. The van der Waals surface area contributed by atoms with Crippen molar-refractivity contribution in [2.75, 3.05) is 0 Å². The first-order valence-electron chi connectivity index (χ1n) is 5.35. The van der Waals surface area contributed by atoms with Gasteiger partial charge in [-0.2, -0.15) is 0 Å². The third-order valence-electron chi connectivity index (χ3n) is 2.33. The molecule has 0 radical (unpaired) electrons. The number of unbranched alkanes of at least 4 members (excludes halogenated alkanes) is 3. The van der Waals surface area contributed by atoms with Gasteiger partial charge in [0, 0.05) is 6.92 Å². The van der Waals surface area contributed by atoms with E-state index in [0.29, 0.717) is 6.42 Å². The molecule has 4 nitrogen and oxygen atoms in total. The van der Waals surface area contributed by atoms with E-state index in [1.54, 1.807) is 0 Å². The fourth-order valence-electron chi connectivity index (χ4n) is 1.41. The average Bonchev–Trinajstić information content (AvgIpc) is 2.11. The van der Waals surface area contributed by atoms with Crippen LogP contribution in [0.15, 0.2) is 0 Å². The summed E-state index contributed by atoms with van der Waals surface area (Å²) in [5.74, 6) is -1.62. The summed E-state index contributed by atoms with van der Waals surface area (Å²) in [4.78, 5) is 21.7. The standard InChI is InChI=1S/C11H20O4/c1-4-5-6-7-8-11(3,10(13)14)15-9(2)12/h4-8H2,1-3H3,(H,13,14). The highest BCUT2D eigenvalue weighted by Crippen LogP contribution is 2.20. The molecule has 0 aromatic heterocycles. The van der Waals surface area contributed by atoms with Gasteiger partial charge in [-0.1, -0.05) is 26.2 Å². The van der Waals surface area contributed by atoms with Crippen LogP contribution in [0.4, 0.5) is 0 Å². The fourth-order valence-corrected chi connectivity index (χ4v) is 1.41. The number of aliphatic carboxylic acids is 1. The lowest BCUT2D eigenvalue weighted by Crippen LogP contribution is -2.39. The third-order valence-corrected chi connectivity index (χ3v) is 2.33. The normalized spacial score (nSPS) is 14.3. The molecule has 0 spiro atoms. The van der Waals surface area contributed by atoms with Crippen molar-refractivity contribution in [3.63, 3.8) is 0 Å². The van der Waals surface area contributed by atoms with Crippen LogP contribution in [0.25, 0.3) is 0 Å². The number of rotatable bonds is 7. The summed E-state index contributed by atoms with van der Waals surface area (Å²) in [6.45, 7) is 4.76. The Balaban J connectivity index is 4.14. The molecular formula is C11H20O4. The second-order valence-electron chi connectivity index (χ2n) is 3.94. The van der Waals surface area contributed by atoms with E-state index in [9.17, 15) is 9.59 Å². The van der Waals surface area contributed by atoms with E-state index in [1.807, 2.05) is 0 Å². The van der Waals surface area contributed by atoms with Gasteiger partial charge in [-0.15, -0.1) is 0 Å². The van der Waals surface area contributed by atoms with E-state index < -0.39 is 17.5 Å². The Labute approximate surface area is 90.6 Å². The first-order valence-corrected chi connectivity index (χ1v) is 5.35. The van der Waals surface area contributed by atoms with Gasteiger partial charge >= 0.3 is 11.9 Å². The van der Waals surface area contributed by atoms with Crippen LogP contribution < -0.4 is 0 Å². The molecule has 0 saturated carbocycles. The second-order valence-corrected chi connectivity index (χ2v) is 3.94. The molecule has 0 aromatic rings. The van der Waals surface area contributed by atoms with Crippen molar-refractivity contribution < 1.29 is 19.4 Å². The van der Waals surface area contributed by atoms with Gasteiger partial charge in [-0.05, 0) is 19.8 Å². The maximum absolute atomic E-state index is 10.9. The molecule has 88 valence electrons. The summed E-state index contributed by atoms with van der Waals surface area (Å²) in [5, 5.41) is 8.96. The van der Waals surface area contributed by atoms with E-state index in [4.69, 9.17) is 9.84 Å². The zero-order valence-corrected chi connectivity index (χ0v) is 9.71. The van der Waals surface area contributed by atoms with E-state index in [2.05, 4.69) is 6.92 Å². The molecule has 0 aliphatic heterocycles. The van der Waals surface area contributed by atoms with Gasteiger partial charge in [-0.25, -0.2) is 4.79 Å². The SMILES string of the molecule is CCCCCCC(C)(OC(C)=O)C(=O)O. The number of carboxylic acids is 1. The number of ether oxygens (including phenoxy) is 1. The van der Waals surface area contributed by atoms with Gasteiger partial charge in [0.25, 0.3) is 0 Å². The molecule has 0 aliphatic rings. The maximum Gasteiger partial charge on any atom is 0.347 e. The highest BCUT2D eigenvalue weighted by atomic mass is 16.6. The van der Waals surface area contributed by atoms with E-state index in [-0.39, 0.29) is 0 Å². The van der Waals surface area contributed by atoms with Gasteiger partial charge in [0.1, 0.15) is 0 Å². The fraction of sp³-hybridized carbons (Fsp3) is 0.818. The lowest BCUT2D eigenvalue weighted by molar-refractivity contribution is -0.176. The van der Waals surface area contributed by atoms with Gasteiger partial charge in [-0.3, -0.25) is 4.79 Å². The first-order chi connectivity index (χ1) is 6.92. The van der Waals surface area contributed by atoms with Crippen molar-refractivity contribution in [3.05, 3.63) is 0 Å². The molecule has 1 unspecified atom stereocenters. The van der Waals surface area contributed by atoms with Crippen molar-refractivity contribution in [1.29, 1.82) is 0 Å². The number of carbonyl (C=O) groups excluding carboxylic acids is 1. The Morgan fingerprint density at radius 3 is 2.27 bits per heavy atom. The van der Waals surface area contributed by atoms with Crippen molar-refractivity contribution >= 4 is 11.9 Å². The molecule has 4 heteroatoms. The summed E-state index contributed by atoms with van der Waals surface area (Å²) in [5.41, 5.74) is -1.36. The van der Waals surface area contributed by atoms with E-state index in [1.165, 1.54) is 13.8 Å². The summed E-state index contributed by atoms with van der Waals surface area (Å²) < 4.78 is 4.84. The predicted molar refractivity (Wildman–Crippen MR) is 56.6 cm³/mol. The van der Waals surface area contributed by atoms with Crippen molar-refractivity contribution in [1.82, 2.24) is 0 Å². The molecule has 0 aromatic carbocycles. The number of hydrogen-bond donors (Lipinski definition) is 1. The smallest absolute Gasteiger partial charge is 0.347 e. The molecule has 0 rings (SSSR count). The van der Waals surface area contributed by atoms with Gasteiger partial charge in [0.15, 0.2) is 0 Å². The molecule has 1 atom stereocenters. The van der Waals surface area contributed by atoms with Crippen molar-refractivity contribution in [3.8, 4) is 0 Å². The zero-order valence-electron chi connectivity index (χ0n) is 9.71. The van der Waals surface area contributed by atoms with Crippen molar-refractivity contribution in [2.24, 2.45) is 0 Å². The minimum absolute atomic E-state index is 0.377. The van der Waals surface area contributed by atoms with Crippen LogP contribution in [0.5, 0.6) is 0 Å². The number of hydrogen-bond acceptors (Lipinski definition) is 3. The van der Waals surface area contributed by atoms with Crippen LogP contribution in [0.3, 0.4) is 0 Å². The molecular weight excluding hydrogens is 196 g/mol. The lowest BCUT2D eigenvalue weighted by Gasteiger charge is -2.24. The van der Waals surface area contributed by atoms with Crippen molar-refractivity contribution in [2.45, 2.75) is 58.5 Å². The molecule has 0 fully saturated rings. The highest BCUT2D eigenvalue weighted by molar-refractivity contribution is 5.80. The highest BCUT2D eigenvalue weighted by Gasteiger charge is 2.35. The van der Waals surface area contributed by atoms with Crippen LogP contribution in [0.2, 0.25) is 0 Å². The number of carboxylic acid groups (broad SMARTS) is 1. The summed E-state index contributed by atoms with van der Waals surface area (Å²) in [7, 11) is 0. The molecule has 0 aliphatic carbocycles. The van der Waals surface area contributed by atoms with Gasteiger partial charge in [0.2, 0.25) is 5.60 Å². The molecule has 0 saturated heterocycles. The van der Waals surface area contributed by atoms with Gasteiger partial charge in [0.05, 0.1) is 0 Å². The summed E-state index contributed by atoms with van der Waals surface area (Å²) in [6.07, 6.45) is 4.29. The zero-order chi connectivity index (χ0) is 11.9. The predicted octanol–water partition coefficient (Wildman–Crippen LogP) is 2.36. The summed E-state index contributed by atoms with van der Waals surface area (Å²) >= 11 is 0. The van der Waals surface area contributed by atoms with Crippen LogP contribution in [0.1, 0.15) is 52.9 Å². The van der Waals surface area contributed by atoms with Crippen LogP contribution >= 0.6 is 0 Å². The summed E-state index contributed by atoms with van der Waals surface area (Å²) in [6, 6.07) is 0. The van der Waals surface area contributed by atoms with Crippen LogP contribution in [0, 0.1) is 0 Å². The Kier molecular flexibility index (Phi) is 5.97. The monoisotopic (exact) mass is 216 g/mol. The molecule has 0 heterocycles. The topological polar surface area (TPSA) is 63.6 Å². The maximum atomic E-state index is 10.9. The van der Waals surface area contributed by atoms with E-state index >= 15 is 0 Å². The first kappa shape index (κ1) is 13.9.